The summed E-state index contributed by atoms with van der Waals surface area (Å²) in [5.74, 6) is -7.32. The van der Waals surface area contributed by atoms with E-state index in [-0.39, 0.29) is 49.7 Å². The van der Waals surface area contributed by atoms with Crippen LogP contribution in [-0.4, -0.2) is 101 Å². The van der Waals surface area contributed by atoms with E-state index in [9.17, 15) is 33.9 Å². The molecule has 2 heterocycles. The first-order valence-electron chi connectivity index (χ1n) is 17.4. The first kappa shape index (κ1) is 40.5. The van der Waals surface area contributed by atoms with Crippen LogP contribution in [-0.2, 0) is 61.9 Å². The topological polar surface area (TPSA) is 191 Å². The number of carbonyl (C=O) groups is 6. The summed E-state index contributed by atoms with van der Waals surface area (Å²) in [7, 11) is 0. The molecule has 4 rings (SSSR count). The van der Waals surface area contributed by atoms with Gasteiger partial charge in [-0.2, -0.15) is 0 Å². The van der Waals surface area contributed by atoms with Crippen LogP contribution in [0.4, 0.5) is 0 Å². The van der Waals surface area contributed by atoms with E-state index < -0.39 is 106 Å². The lowest BCUT2D eigenvalue weighted by Gasteiger charge is -2.58. The van der Waals surface area contributed by atoms with Crippen molar-refractivity contribution in [2.24, 2.45) is 29.1 Å². The SMILES string of the molecule is C=C1[C@@H](OC(=O)CC(C)C)C[C@H](OC(C)=O)[C@@]2(C)[C@@H](OC(C)=O)C[C@@H](OC(=O)CC(C)C)[C@]3(CO3)[C@@H]2[C@H](OC(C)=O)[C@]2(O)[C@@H](C)C(=O)O[C@H]2[C@H]1Cl. The maximum Gasteiger partial charge on any atom is 0.312 e. The zero-order valence-corrected chi connectivity index (χ0v) is 31.5. The maximum atomic E-state index is 13.4. The van der Waals surface area contributed by atoms with Gasteiger partial charge in [0.25, 0.3) is 0 Å². The third-order valence-electron chi connectivity index (χ3n) is 10.6. The molecule has 2 saturated carbocycles. The molecule has 2 aliphatic heterocycles. The van der Waals surface area contributed by atoms with Crippen LogP contribution in [0.25, 0.3) is 0 Å². The van der Waals surface area contributed by atoms with Crippen molar-refractivity contribution in [3.8, 4) is 0 Å². The fraction of sp³-hybridized carbons (Fsp3) is 0.778. The van der Waals surface area contributed by atoms with Crippen LogP contribution in [0.3, 0.4) is 0 Å². The van der Waals surface area contributed by atoms with Gasteiger partial charge in [0.1, 0.15) is 36.1 Å². The minimum atomic E-state index is -2.43. The number of fused-ring (bicyclic) bond motifs is 3. The highest BCUT2D eigenvalue weighted by Gasteiger charge is 2.79. The van der Waals surface area contributed by atoms with E-state index in [2.05, 4.69) is 6.58 Å². The van der Waals surface area contributed by atoms with E-state index in [4.69, 9.17) is 44.8 Å². The summed E-state index contributed by atoms with van der Waals surface area (Å²) in [6, 6.07) is 0. The molecule has 15 heteroatoms. The maximum absolute atomic E-state index is 13.4. The molecule has 2 aliphatic carbocycles. The van der Waals surface area contributed by atoms with E-state index in [0.717, 1.165) is 6.92 Å². The molecule has 1 N–H and O–H groups in total. The molecule has 0 aromatic carbocycles. The molecule has 0 bridgehead atoms. The quantitative estimate of drug-likeness (QED) is 0.119. The van der Waals surface area contributed by atoms with Gasteiger partial charge < -0.3 is 38.3 Å². The minimum absolute atomic E-state index is 0.0117. The third-order valence-corrected chi connectivity index (χ3v) is 11.1. The summed E-state index contributed by atoms with van der Waals surface area (Å²) >= 11 is 7.02. The van der Waals surface area contributed by atoms with Crippen molar-refractivity contribution in [3.63, 3.8) is 0 Å². The molecular formula is C36H51ClO14. The molecule has 1 spiro atoms. The van der Waals surface area contributed by atoms with Gasteiger partial charge in [0.2, 0.25) is 0 Å². The highest BCUT2D eigenvalue weighted by Crippen LogP contribution is 2.63. The van der Waals surface area contributed by atoms with Crippen molar-refractivity contribution in [1.82, 2.24) is 0 Å². The Kier molecular flexibility index (Phi) is 11.9. The van der Waals surface area contributed by atoms with Crippen LogP contribution < -0.4 is 0 Å². The number of rotatable bonds is 9. The van der Waals surface area contributed by atoms with Gasteiger partial charge >= 0.3 is 35.8 Å². The predicted octanol–water partition coefficient (Wildman–Crippen LogP) is 3.35. The second-order valence-electron chi connectivity index (χ2n) is 15.4. The Labute approximate surface area is 303 Å². The summed E-state index contributed by atoms with van der Waals surface area (Å²) in [6.45, 7) is 17.8. The normalized spacial score (nSPS) is 39.0. The summed E-state index contributed by atoms with van der Waals surface area (Å²) in [5, 5.41) is 11.5. The smallest absolute Gasteiger partial charge is 0.312 e. The van der Waals surface area contributed by atoms with Crippen LogP contribution in [0.5, 0.6) is 0 Å². The molecular weight excluding hydrogens is 692 g/mol. The standard InChI is InChI=1S/C36H51ClO14/c1-16(2)11-27(41)49-23-13-24(46-20(7)38)34(10)25(47-21(8)39)14-26(50-28(42)12-17(3)4)35(15-45-35)30(34)32(48-22(9)40)36(44)19(6)33(43)51-31(36)29(37)18(23)5/h16-17,19,23-26,29-32,44H,5,11-15H2,1-4,6-10H3/t19-,23-,24-,25-,26+,29-,30+,31-,32-,34-,35+,36-/m0/s1. The molecule has 0 aromatic rings. The highest BCUT2D eigenvalue weighted by atomic mass is 35.5. The number of epoxide rings is 1. The van der Waals surface area contributed by atoms with Crippen molar-refractivity contribution < 1.29 is 67.0 Å². The Morgan fingerprint density at radius 1 is 0.863 bits per heavy atom. The van der Waals surface area contributed by atoms with Crippen molar-refractivity contribution in [3.05, 3.63) is 12.2 Å². The summed E-state index contributed by atoms with van der Waals surface area (Å²) in [6.07, 6.45) is -8.71. The number of ether oxygens (including phenoxy) is 7. The Morgan fingerprint density at radius 3 is 1.82 bits per heavy atom. The molecule has 12 atom stereocenters. The number of carbonyl (C=O) groups excluding carboxylic acids is 6. The molecule has 0 radical (unpaired) electrons. The Morgan fingerprint density at radius 2 is 1.35 bits per heavy atom. The molecule has 14 nitrogen and oxygen atoms in total. The highest BCUT2D eigenvalue weighted by molar-refractivity contribution is 6.23. The Bertz CT molecular complexity index is 1420. The number of hydrogen-bond donors (Lipinski definition) is 1. The number of halogens is 1. The lowest BCUT2D eigenvalue weighted by molar-refractivity contribution is -0.262. The first-order valence-corrected chi connectivity index (χ1v) is 17.8. The lowest BCUT2D eigenvalue weighted by atomic mass is 9.51. The molecule has 286 valence electrons. The van der Waals surface area contributed by atoms with Crippen molar-refractivity contribution in [1.29, 1.82) is 0 Å². The molecule has 51 heavy (non-hydrogen) atoms. The average molecular weight is 743 g/mol. The van der Waals surface area contributed by atoms with Gasteiger partial charge in [-0.05, 0) is 24.3 Å². The number of hydrogen-bond acceptors (Lipinski definition) is 14. The van der Waals surface area contributed by atoms with Crippen LogP contribution in [0.1, 0.15) is 88.0 Å². The zero-order valence-electron chi connectivity index (χ0n) is 30.7. The van der Waals surface area contributed by atoms with Gasteiger partial charge in [-0.3, -0.25) is 28.8 Å². The fourth-order valence-corrected chi connectivity index (χ4v) is 8.55. The average Bonchev–Trinajstić information content (AvgIpc) is 3.74. The van der Waals surface area contributed by atoms with Gasteiger partial charge in [-0.25, -0.2) is 0 Å². The Hall–Kier alpha value is -3.23. The van der Waals surface area contributed by atoms with Crippen molar-refractivity contribution in [2.45, 2.75) is 141 Å². The summed E-state index contributed by atoms with van der Waals surface area (Å²) in [4.78, 5) is 78.6. The third kappa shape index (κ3) is 7.78. The van der Waals surface area contributed by atoms with E-state index in [1.165, 1.54) is 20.8 Å². The monoisotopic (exact) mass is 742 g/mol. The first-order chi connectivity index (χ1) is 23.6. The van der Waals surface area contributed by atoms with Gasteiger partial charge in [-0.1, -0.05) is 41.2 Å². The zero-order chi connectivity index (χ0) is 38.4. The predicted molar refractivity (Wildman–Crippen MR) is 178 cm³/mol. The molecule has 4 aliphatic rings. The van der Waals surface area contributed by atoms with Crippen LogP contribution in [0.15, 0.2) is 12.2 Å². The Balaban J connectivity index is 2.07. The molecule has 2 saturated heterocycles. The van der Waals surface area contributed by atoms with Gasteiger partial charge in [0.15, 0.2) is 11.7 Å². The molecule has 0 amide bonds. The molecule has 4 fully saturated rings. The largest absolute Gasteiger partial charge is 0.462 e. The summed E-state index contributed by atoms with van der Waals surface area (Å²) < 4.78 is 41.9. The van der Waals surface area contributed by atoms with E-state index >= 15 is 0 Å². The van der Waals surface area contributed by atoms with Crippen molar-refractivity contribution >= 4 is 47.4 Å². The van der Waals surface area contributed by atoms with Crippen LogP contribution in [0.2, 0.25) is 0 Å². The fourth-order valence-electron chi connectivity index (χ4n) is 8.16. The van der Waals surface area contributed by atoms with Crippen molar-refractivity contribution in [2.75, 3.05) is 6.61 Å². The van der Waals surface area contributed by atoms with E-state index in [1.807, 2.05) is 27.7 Å². The minimum Gasteiger partial charge on any atom is -0.462 e. The van der Waals surface area contributed by atoms with Gasteiger partial charge in [-0.15, -0.1) is 11.6 Å². The van der Waals surface area contributed by atoms with Gasteiger partial charge in [0.05, 0.1) is 23.3 Å². The second kappa shape index (κ2) is 15.0. The van der Waals surface area contributed by atoms with E-state index in [0.29, 0.717) is 0 Å². The van der Waals surface area contributed by atoms with Gasteiger partial charge in [0, 0.05) is 52.4 Å². The molecule has 0 unspecified atom stereocenters. The summed E-state index contributed by atoms with van der Waals surface area (Å²) in [5.41, 5.74) is -5.61. The lowest BCUT2D eigenvalue weighted by Crippen LogP contribution is -2.73. The number of aliphatic hydroxyl groups is 1. The number of esters is 6. The van der Waals surface area contributed by atoms with E-state index in [1.54, 1.807) is 6.92 Å². The number of alkyl halides is 1. The second-order valence-corrected chi connectivity index (χ2v) is 15.9. The van der Waals surface area contributed by atoms with Crippen LogP contribution in [0, 0.1) is 29.1 Å². The van der Waals surface area contributed by atoms with Crippen LogP contribution >= 0.6 is 11.6 Å². The molecule has 0 aromatic heterocycles.